The molecule has 2 aromatic carbocycles. The number of hydrogen-bond acceptors (Lipinski definition) is 3. The highest BCUT2D eigenvalue weighted by molar-refractivity contribution is 5.94. The zero-order valence-corrected chi connectivity index (χ0v) is 16.4. The summed E-state index contributed by atoms with van der Waals surface area (Å²) >= 11 is 0. The first-order valence-corrected chi connectivity index (χ1v) is 10.2. The number of aryl methyl sites for hydroxylation is 1. The van der Waals surface area contributed by atoms with E-state index < -0.39 is 0 Å². The lowest BCUT2D eigenvalue weighted by Gasteiger charge is -2.34. The maximum absolute atomic E-state index is 13.1. The van der Waals surface area contributed by atoms with Gasteiger partial charge in [0.15, 0.2) is 0 Å². The number of benzene rings is 2. The van der Waals surface area contributed by atoms with Crippen molar-refractivity contribution in [3.8, 4) is 0 Å². The van der Waals surface area contributed by atoms with Gasteiger partial charge in [-0.15, -0.1) is 0 Å². The van der Waals surface area contributed by atoms with Gasteiger partial charge in [0.2, 0.25) is 5.91 Å². The fraction of sp³-hybridized carbons (Fsp3) is 0.391. The van der Waals surface area contributed by atoms with E-state index in [1.165, 1.54) is 29.8 Å². The minimum atomic E-state index is -0.369. The maximum atomic E-state index is 13.1. The molecular weight excluding hydrogens is 369 g/mol. The number of carbonyl (C=O) groups is 2. The molecule has 5 nitrogen and oxygen atoms in total. The molecule has 0 spiro atoms. The molecule has 0 radical (unpaired) electrons. The Bertz CT molecular complexity index is 913. The largest absolute Gasteiger partial charge is 0.399 e. The van der Waals surface area contributed by atoms with Crippen LogP contribution in [-0.2, 0) is 11.2 Å². The molecular formula is C23H26FN3O2. The summed E-state index contributed by atoms with van der Waals surface area (Å²) in [6.45, 7) is 1.01. The quantitative estimate of drug-likeness (QED) is 0.782. The predicted molar refractivity (Wildman–Crippen MR) is 110 cm³/mol. The summed E-state index contributed by atoms with van der Waals surface area (Å²) in [6, 6.07) is 11.4. The molecule has 152 valence electrons. The van der Waals surface area contributed by atoms with E-state index in [-0.39, 0.29) is 29.6 Å². The van der Waals surface area contributed by atoms with Gasteiger partial charge in [-0.2, -0.15) is 0 Å². The molecule has 1 saturated heterocycles. The van der Waals surface area contributed by atoms with Crippen molar-refractivity contribution in [3.63, 3.8) is 0 Å². The van der Waals surface area contributed by atoms with E-state index in [1.807, 2.05) is 18.2 Å². The number of nitrogen functional groups attached to an aromatic ring is 1. The number of nitrogens with one attached hydrogen (secondary N) is 1. The van der Waals surface area contributed by atoms with E-state index in [0.717, 1.165) is 43.4 Å². The smallest absolute Gasteiger partial charge is 0.253 e. The Labute approximate surface area is 170 Å². The van der Waals surface area contributed by atoms with Gasteiger partial charge in [-0.25, -0.2) is 4.39 Å². The number of anilines is 1. The van der Waals surface area contributed by atoms with Crippen LogP contribution in [0.2, 0.25) is 0 Å². The lowest BCUT2D eigenvalue weighted by atomic mass is 9.86. The molecule has 1 heterocycles. The van der Waals surface area contributed by atoms with Crippen molar-refractivity contribution >= 4 is 17.5 Å². The SMILES string of the molecule is Nc1ccc2c(c1)CCCC2NC(=O)C1CCCN(C(=O)c2ccc(F)cc2)C1. The monoisotopic (exact) mass is 395 g/mol. The van der Waals surface area contributed by atoms with E-state index in [2.05, 4.69) is 5.32 Å². The highest BCUT2D eigenvalue weighted by atomic mass is 19.1. The van der Waals surface area contributed by atoms with Crippen LogP contribution in [0.25, 0.3) is 0 Å². The van der Waals surface area contributed by atoms with Gasteiger partial charge in [-0.05, 0) is 79.6 Å². The second-order valence-electron chi connectivity index (χ2n) is 8.01. The molecule has 6 heteroatoms. The summed E-state index contributed by atoms with van der Waals surface area (Å²) in [5.74, 6) is -0.753. The number of fused-ring (bicyclic) bond motifs is 1. The van der Waals surface area contributed by atoms with E-state index in [0.29, 0.717) is 18.7 Å². The zero-order chi connectivity index (χ0) is 20.4. The van der Waals surface area contributed by atoms with Crippen molar-refractivity contribution in [2.24, 2.45) is 5.92 Å². The molecule has 2 amide bonds. The highest BCUT2D eigenvalue weighted by Gasteiger charge is 2.31. The van der Waals surface area contributed by atoms with E-state index in [1.54, 1.807) is 4.90 Å². The predicted octanol–water partition coefficient (Wildman–Crippen LogP) is 3.45. The van der Waals surface area contributed by atoms with Gasteiger partial charge in [-0.1, -0.05) is 6.07 Å². The Hall–Kier alpha value is -2.89. The minimum absolute atomic E-state index is 0.00344. The van der Waals surface area contributed by atoms with Gasteiger partial charge in [-0.3, -0.25) is 9.59 Å². The third-order valence-electron chi connectivity index (χ3n) is 5.97. The van der Waals surface area contributed by atoms with Gasteiger partial charge >= 0.3 is 0 Å². The molecule has 0 saturated carbocycles. The average Bonchev–Trinajstić information content (AvgIpc) is 2.74. The minimum Gasteiger partial charge on any atom is -0.399 e. The Morgan fingerprint density at radius 3 is 2.66 bits per heavy atom. The normalized spacial score (nSPS) is 21.3. The highest BCUT2D eigenvalue weighted by Crippen LogP contribution is 2.31. The Morgan fingerprint density at radius 2 is 1.86 bits per heavy atom. The first kappa shape index (κ1) is 19.4. The molecule has 0 aromatic heterocycles. The molecule has 4 rings (SSSR count). The Kier molecular flexibility index (Phi) is 5.51. The third-order valence-corrected chi connectivity index (χ3v) is 5.97. The number of likely N-dealkylation sites (tertiary alicyclic amines) is 1. The van der Waals surface area contributed by atoms with Crippen LogP contribution in [0.5, 0.6) is 0 Å². The van der Waals surface area contributed by atoms with E-state index in [9.17, 15) is 14.0 Å². The molecule has 3 N–H and O–H groups in total. The summed E-state index contributed by atoms with van der Waals surface area (Å²) in [6.07, 6.45) is 4.45. The maximum Gasteiger partial charge on any atom is 0.253 e. The number of hydrogen-bond donors (Lipinski definition) is 2. The van der Waals surface area contributed by atoms with Crippen molar-refractivity contribution in [1.82, 2.24) is 10.2 Å². The molecule has 2 aliphatic rings. The summed E-state index contributed by atoms with van der Waals surface area (Å²) < 4.78 is 13.1. The van der Waals surface area contributed by atoms with Crippen LogP contribution in [-0.4, -0.2) is 29.8 Å². The van der Waals surface area contributed by atoms with Crippen LogP contribution in [0.1, 0.15) is 53.2 Å². The van der Waals surface area contributed by atoms with Gasteiger partial charge in [0.05, 0.1) is 12.0 Å². The van der Waals surface area contributed by atoms with Crippen LogP contribution in [0.15, 0.2) is 42.5 Å². The Balaban J connectivity index is 1.42. The first-order chi connectivity index (χ1) is 14.0. The number of piperidine rings is 1. The number of carbonyl (C=O) groups excluding carboxylic acids is 2. The van der Waals surface area contributed by atoms with Crippen LogP contribution < -0.4 is 11.1 Å². The van der Waals surface area contributed by atoms with Crippen molar-refractivity contribution in [2.75, 3.05) is 18.8 Å². The van der Waals surface area contributed by atoms with Crippen molar-refractivity contribution in [2.45, 2.75) is 38.1 Å². The summed E-state index contributed by atoms with van der Waals surface area (Å²) in [5, 5.41) is 3.20. The van der Waals surface area contributed by atoms with Crippen LogP contribution >= 0.6 is 0 Å². The number of amides is 2. The lowest BCUT2D eigenvalue weighted by molar-refractivity contribution is -0.127. The topological polar surface area (TPSA) is 75.4 Å². The van der Waals surface area contributed by atoms with Crippen molar-refractivity contribution < 1.29 is 14.0 Å². The third kappa shape index (κ3) is 4.26. The number of rotatable bonds is 3. The van der Waals surface area contributed by atoms with Crippen molar-refractivity contribution in [3.05, 3.63) is 65.0 Å². The van der Waals surface area contributed by atoms with Gasteiger partial charge in [0, 0.05) is 24.3 Å². The average molecular weight is 395 g/mol. The van der Waals surface area contributed by atoms with Gasteiger partial charge in [0.1, 0.15) is 5.82 Å². The molecule has 1 fully saturated rings. The molecule has 2 atom stereocenters. The van der Waals surface area contributed by atoms with E-state index >= 15 is 0 Å². The molecule has 2 aromatic rings. The second kappa shape index (κ2) is 8.23. The summed E-state index contributed by atoms with van der Waals surface area (Å²) in [5.41, 5.74) is 9.45. The Morgan fingerprint density at radius 1 is 1.07 bits per heavy atom. The number of nitrogens with zero attached hydrogens (tertiary/aromatic N) is 1. The molecule has 0 bridgehead atoms. The summed E-state index contributed by atoms with van der Waals surface area (Å²) in [4.78, 5) is 27.4. The molecule has 29 heavy (non-hydrogen) atoms. The van der Waals surface area contributed by atoms with Crippen LogP contribution in [0.4, 0.5) is 10.1 Å². The summed E-state index contributed by atoms with van der Waals surface area (Å²) in [7, 11) is 0. The number of nitrogens with two attached hydrogens (primary N) is 1. The fourth-order valence-electron chi connectivity index (χ4n) is 4.42. The van der Waals surface area contributed by atoms with Crippen molar-refractivity contribution in [1.29, 1.82) is 0 Å². The lowest BCUT2D eigenvalue weighted by Crippen LogP contribution is -2.46. The van der Waals surface area contributed by atoms with Gasteiger partial charge in [0.25, 0.3) is 5.91 Å². The van der Waals surface area contributed by atoms with Crippen LogP contribution in [0, 0.1) is 11.7 Å². The van der Waals surface area contributed by atoms with Crippen LogP contribution in [0.3, 0.4) is 0 Å². The standard InChI is InChI=1S/C23H26FN3O2/c24-18-8-6-15(7-9-18)23(29)27-12-2-4-17(14-27)22(28)26-21-5-1-3-16-13-19(25)10-11-20(16)21/h6-11,13,17,21H,1-5,12,14,25H2,(H,26,28). The molecule has 2 unspecified atom stereocenters. The molecule has 1 aliphatic carbocycles. The second-order valence-corrected chi connectivity index (χ2v) is 8.01. The van der Waals surface area contributed by atoms with Gasteiger partial charge < -0.3 is 16.0 Å². The first-order valence-electron chi connectivity index (χ1n) is 10.2. The molecule has 1 aliphatic heterocycles. The number of halogens is 1. The fourth-order valence-corrected chi connectivity index (χ4v) is 4.42. The zero-order valence-electron chi connectivity index (χ0n) is 16.4. The van der Waals surface area contributed by atoms with E-state index in [4.69, 9.17) is 5.73 Å².